The molecule has 0 unspecified atom stereocenters. The first-order chi connectivity index (χ1) is 40.5. The lowest BCUT2D eigenvalue weighted by molar-refractivity contribution is 0.0131. The molecule has 2 saturated carbocycles. The molecule has 2 spiro atoms. The third-order valence-electron chi connectivity index (χ3n) is 19.6. The largest absolute Gasteiger partial charge is 0.490 e. The van der Waals surface area contributed by atoms with E-state index in [0.29, 0.717) is 74.3 Å². The second-order valence-electron chi connectivity index (χ2n) is 24.5. The number of hydrogen-bond acceptors (Lipinski definition) is 14. The lowest BCUT2D eigenvalue weighted by atomic mass is 9.68. The maximum atomic E-state index is 13.3. The number of carbonyl (C=O) groups excluding carboxylic acids is 2. The number of halogens is 2. The van der Waals surface area contributed by atoms with Crippen molar-refractivity contribution in [2.45, 2.75) is 123 Å². The summed E-state index contributed by atoms with van der Waals surface area (Å²) in [5.41, 5.74) is 6.59. The van der Waals surface area contributed by atoms with Gasteiger partial charge in [0.15, 0.2) is 0 Å². The van der Waals surface area contributed by atoms with Gasteiger partial charge >= 0.3 is 0 Å². The molecule has 8 aliphatic rings. The molecule has 0 saturated heterocycles. The Morgan fingerprint density at radius 3 is 1.40 bits per heavy atom. The smallest absolute Gasteiger partial charge is 0.264 e. The fourth-order valence-corrected chi connectivity index (χ4v) is 17.4. The first-order valence-corrected chi connectivity index (χ1v) is 33.6. The number of aryl methyl sites for hydroxylation is 2. The van der Waals surface area contributed by atoms with E-state index >= 15 is 0 Å². The minimum Gasteiger partial charge on any atom is -0.490 e. The molecule has 4 N–H and O–H groups in total. The number of aliphatic hydroxyl groups is 2. The van der Waals surface area contributed by atoms with Gasteiger partial charge in [-0.2, -0.15) is 0 Å². The topological polar surface area (TPSA) is 210 Å². The third-order valence-corrected chi connectivity index (χ3v) is 23.5. The highest BCUT2D eigenvalue weighted by Crippen LogP contribution is 2.49. The van der Waals surface area contributed by atoms with Gasteiger partial charge in [-0.05, 0) is 196 Å². The number of aliphatic hydroxyl groups excluding tert-OH is 2. The Morgan fingerprint density at radius 1 is 0.595 bits per heavy atom. The molecule has 4 aromatic carbocycles. The van der Waals surface area contributed by atoms with Crippen molar-refractivity contribution in [3.8, 4) is 11.5 Å². The molecule has 0 aromatic heterocycles. The van der Waals surface area contributed by atoms with Crippen LogP contribution < -0.4 is 28.7 Å². The van der Waals surface area contributed by atoms with E-state index < -0.39 is 55.6 Å². The molecule has 4 aliphatic carbocycles. The number of nitrogens with zero attached hydrogens (tertiary/aromatic N) is 2. The van der Waals surface area contributed by atoms with E-state index in [1.807, 2.05) is 36.4 Å². The van der Waals surface area contributed by atoms with E-state index in [-0.39, 0.29) is 47.0 Å². The highest BCUT2D eigenvalue weighted by atomic mass is 35.5. The molecule has 4 aliphatic heterocycles. The van der Waals surface area contributed by atoms with Gasteiger partial charge in [-0.25, -0.2) is 26.3 Å². The number of methoxy groups -OCH3 is 2. The summed E-state index contributed by atoms with van der Waals surface area (Å²) in [7, 11) is -4.75. The quantitative estimate of drug-likeness (QED) is 0.140. The van der Waals surface area contributed by atoms with Gasteiger partial charge < -0.3 is 39.0 Å². The number of sulfonamides is 2. The molecule has 84 heavy (non-hydrogen) atoms. The first kappa shape index (κ1) is 60.5. The number of ether oxygens (including phenoxy) is 4. The molecule has 4 bridgehead atoms. The Balaban J connectivity index is 0.000000175. The SMILES string of the molecule is CO[C@H]1/C=C/CC[C@@H](CO)S(=O)(=O)NC(=O)c2ccc3c(c2)N(C[C@@H]2CC[C@H]21)C[C@@]1(CCCc2cc(Cl)ccc21)CO3.CO[C@H]1/C=C/CC[C@H](CO)S(=O)(=O)NC(=O)c2ccc3c(c2)N(C[C@@H]2CC[C@H]21)C[C@@]1(CCCc2cc(Cl)ccc21)CO3. The van der Waals surface area contributed by atoms with Crippen LogP contribution in [0.2, 0.25) is 10.0 Å². The number of rotatable bonds is 4. The van der Waals surface area contributed by atoms with Crippen molar-refractivity contribution in [3.05, 3.63) is 141 Å². The van der Waals surface area contributed by atoms with Crippen LogP contribution in [0.5, 0.6) is 11.5 Å². The Labute approximate surface area is 504 Å². The lowest BCUT2D eigenvalue weighted by Crippen LogP contribution is -2.49. The summed E-state index contributed by atoms with van der Waals surface area (Å²) < 4.78 is 81.6. The van der Waals surface area contributed by atoms with E-state index in [4.69, 9.17) is 42.1 Å². The van der Waals surface area contributed by atoms with Crippen molar-refractivity contribution in [2.24, 2.45) is 23.7 Å². The molecule has 452 valence electrons. The number of benzene rings is 4. The van der Waals surface area contributed by atoms with Gasteiger partial charge in [0.25, 0.3) is 11.8 Å². The Morgan fingerprint density at radius 2 is 1.02 bits per heavy atom. The van der Waals surface area contributed by atoms with Gasteiger partial charge in [0.05, 0.1) is 50.0 Å². The normalized spacial score (nSPS) is 31.5. The van der Waals surface area contributed by atoms with E-state index in [1.165, 1.54) is 22.3 Å². The number of carbonyl (C=O) groups is 2. The summed E-state index contributed by atoms with van der Waals surface area (Å²) >= 11 is 12.8. The van der Waals surface area contributed by atoms with Crippen LogP contribution in [0.4, 0.5) is 11.4 Å². The number of amides is 2. The van der Waals surface area contributed by atoms with Gasteiger partial charge in [0.2, 0.25) is 20.0 Å². The average molecular weight is 1230 g/mol. The van der Waals surface area contributed by atoms with Crippen LogP contribution in [0.3, 0.4) is 0 Å². The van der Waals surface area contributed by atoms with Crippen LogP contribution in [-0.4, -0.2) is 128 Å². The molecule has 2 amide bonds. The molecular formula is C64H78Cl2N4O12S2. The standard InChI is InChI=1S/2C32H39ClN2O6S/c2*1-40-29-7-3-2-6-25(18-36)42(38,39)34-31(37)22-9-13-30-28(16-22)35(17-23-8-11-26(23)29)19-32(20-41-30)14-4-5-21-15-24(33)10-12-27(21)32/h2*3,7,9-10,12-13,15-16,23,25-26,29,36H,2,4-6,8,11,14,17-20H2,1H3,(H,34,37)/b2*7-3+/t23-,25+,26+,29-,32-;23-,25-,26+,29-,32-/m00/s1. The molecule has 16 nitrogen and oxygen atoms in total. The first-order valence-electron chi connectivity index (χ1n) is 29.8. The van der Waals surface area contributed by atoms with E-state index in [9.17, 15) is 36.6 Å². The zero-order chi connectivity index (χ0) is 59.0. The summed E-state index contributed by atoms with van der Waals surface area (Å²) in [6, 6.07) is 22.6. The number of allylic oxidation sites excluding steroid dienone is 2. The lowest BCUT2D eigenvalue weighted by Gasteiger charge is -2.46. The fourth-order valence-electron chi connectivity index (χ4n) is 14.6. The maximum Gasteiger partial charge on any atom is 0.264 e. The minimum atomic E-state index is -4.10. The predicted octanol–water partition coefficient (Wildman–Crippen LogP) is 9.25. The van der Waals surface area contributed by atoms with Crippen LogP contribution in [0.1, 0.15) is 120 Å². The fraction of sp³-hybridized carbons (Fsp3) is 0.531. The third kappa shape index (κ3) is 12.4. The van der Waals surface area contributed by atoms with Gasteiger partial charge in [-0.1, -0.05) is 59.6 Å². The van der Waals surface area contributed by atoms with Gasteiger partial charge in [0, 0.05) is 72.4 Å². The van der Waals surface area contributed by atoms with Crippen molar-refractivity contribution >= 4 is 66.4 Å². The summed E-state index contributed by atoms with van der Waals surface area (Å²) in [5.74, 6) is 1.35. The van der Waals surface area contributed by atoms with E-state index in [1.54, 1.807) is 50.6 Å². The van der Waals surface area contributed by atoms with Crippen molar-refractivity contribution in [1.82, 2.24) is 9.44 Å². The molecule has 2 fully saturated rings. The van der Waals surface area contributed by atoms with Crippen LogP contribution >= 0.6 is 23.2 Å². The molecule has 0 radical (unpaired) electrons. The number of fused-ring (bicyclic) bond motifs is 8. The Hall–Kier alpha value is -5.18. The van der Waals surface area contributed by atoms with Gasteiger partial charge in [-0.3, -0.25) is 9.59 Å². The zero-order valence-corrected chi connectivity index (χ0v) is 51.0. The molecule has 12 rings (SSSR count). The molecule has 20 heteroatoms. The van der Waals surface area contributed by atoms with Crippen molar-refractivity contribution < 1.29 is 55.6 Å². The van der Waals surface area contributed by atoms with E-state index in [0.717, 1.165) is 98.7 Å². The molecule has 10 atom stereocenters. The summed E-state index contributed by atoms with van der Waals surface area (Å²) in [4.78, 5) is 31.3. The van der Waals surface area contributed by atoms with Gasteiger partial charge in [-0.15, -0.1) is 0 Å². The van der Waals surface area contributed by atoms with Crippen molar-refractivity contribution in [1.29, 1.82) is 0 Å². The minimum absolute atomic E-state index is 0.0823. The molecule has 4 heterocycles. The second kappa shape index (κ2) is 25.3. The number of hydrogen-bond donors (Lipinski definition) is 4. The van der Waals surface area contributed by atoms with Gasteiger partial charge in [0.1, 0.15) is 22.0 Å². The summed E-state index contributed by atoms with van der Waals surface area (Å²) in [6.07, 6.45) is 19.3. The Bertz CT molecular complexity index is 3180. The summed E-state index contributed by atoms with van der Waals surface area (Å²) in [5, 5.41) is 19.0. The number of nitrogens with one attached hydrogen (secondary N) is 2. The molecule has 4 aromatic rings. The Kier molecular flexibility index (Phi) is 18.2. The van der Waals surface area contributed by atoms with Crippen LogP contribution in [-0.2, 0) is 53.2 Å². The predicted molar refractivity (Wildman–Crippen MR) is 326 cm³/mol. The van der Waals surface area contributed by atoms with Crippen LogP contribution in [0.15, 0.2) is 97.1 Å². The molecular weight excluding hydrogens is 1150 g/mol. The van der Waals surface area contributed by atoms with Crippen molar-refractivity contribution in [2.75, 3.05) is 76.6 Å². The number of anilines is 2. The van der Waals surface area contributed by atoms with Crippen LogP contribution in [0.25, 0.3) is 0 Å². The van der Waals surface area contributed by atoms with Crippen LogP contribution in [0, 0.1) is 23.7 Å². The average Bonchev–Trinajstić information content (AvgIpc) is 1.74. The maximum absolute atomic E-state index is 13.3. The monoisotopic (exact) mass is 1230 g/mol. The second-order valence-corrected chi connectivity index (χ2v) is 29.3. The highest BCUT2D eigenvalue weighted by molar-refractivity contribution is 7.91. The van der Waals surface area contributed by atoms with Crippen molar-refractivity contribution in [3.63, 3.8) is 0 Å². The van der Waals surface area contributed by atoms with E-state index in [2.05, 4.69) is 43.5 Å². The highest BCUT2D eigenvalue weighted by Gasteiger charge is 2.47. The zero-order valence-electron chi connectivity index (χ0n) is 47.9. The summed E-state index contributed by atoms with van der Waals surface area (Å²) in [6.45, 7) is 2.82.